The SMILES string of the molecule is c1ccc2c(-c3ccc(N(c4ccc(C56CC7CC(CC(C7)C5)C6)cc4)c4cc5oc6ccccc6c5c5oc6ccccc6c45)c4ccccc34)cccc2c1. The van der Waals surface area contributed by atoms with E-state index in [4.69, 9.17) is 8.83 Å². The van der Waals surface area contributed by atoms with E-state index >= 15 is 0 Å². The molecule has 57 heavy (non-hydrogen) atoms. The molecule has 0 atom stereocenters. The maximum Gasteiger partial charge on any atom is 0.149 e. The van der Waals surface area contributed by atoms with E-state index in [1.54, 1.807) is 0 Å². The van der Waals surface area contributed by atoms with Gasteiger partial charge >= 0.3 is 0 Å². The summed E-state index contributed by atoms with van der Waals surface area (Å²) in [5, 5.41) is 9.21. The summed E-state index contributed by atoms with van der Waals surface area (Å²) in [5.74, 6) is 2.70. The van der Waals surface area contributed by atoms with Crippen LogP contribution in [0.25, 0.3) is 76.5 Å². The molecule has 2 aromatic heterocycles. The third-order valence-electron chi connectivity index (χ3n) is 14.2. The van der Waals surface area contributed by atoms with Crippen molar-refractivity contribution in [1.29, 1.82) is 0 Å². The van der Waals surface area contributed by atoms with Crippen LogP contribution < -0.4 is 4.90 Å². The highest BCUT2D eigenvalue weighted by Crippen LogP contribution is 2.61. The Morgan fingerprint density at radius 3 is 1.75 bits per heavy atom. The number of hydrogen-bond donors (Lipinski definition) is 0. The molecule has 10 aromatic rings. The van der Waals surface area contributed by atoms with Crippen molar-refractivity contribution in [3.05, 3.63) is 163 Å². The highest BCUT2D eigenvalue weighted by molar-refractivity contribution is 6.27. The summed E-state index contributed by atoms with van der Waals surface area (Å²) in [6.07, 6.45) is 8.41. The van der Waals surface area contributed by atoms with Crippen LogP contribution in [0.3, 0.4) is 0 Å². The summed E-state index contributed by atoms with van der Waals surface area (Å²) in [5.41, 5.74) is 11.1. The van der Waals surface area contributed by atoms with Crippen LogP contribution in [0.5, 0.6) is 0 Å². The molecule has 4 aliphatic carbocycles. The Hall–Kier alpha value is -6.32. The van der Waals surface area contributed by atoms with Gasteiger partial charge in [-0.15, -0.1) is 0 Å². The monoisotopic (exact) mass is 735 g/mol. The summed E-state index contributed by atoms with van der Waals surface area (Å²) in [7, 11) is 0. The number of anilines is 3. The van der Waals surface area contributed by atoms with Crippen molar-refractivity contribution in [3.63, 3.8) is 0 Å². The van der Waals surface area contributed by atoms with E-state index in [1.165, 1.54) is 76.8 Å². The van der Waals surface area contributed by atoms with Crippen molar-refractivity contribution in [2.45, 2.75) is 43.9 Å². The molecule has 0 N–H and O–H groups in total. The molecule has 0 radical (unpaired) electrons. The molecule has 0 amide bonds. The molecular formula is C54H41NO2. The van der Waals surface area contributed by atoms with Gasteiger partial charge in [-0.05, 0) is 125 Å². The molecule has 14 rings (SSSR count). The lowest BCUT2D eigenvalue weighted by atomic mass is 9.48. The largest absolute Gasteiger partial charge is 0.456 e. The van der Waals surface area contributed by atoms with E-state index in [0.29, 0.717) is 5.41 Å². The molecule has 3 nitrogen and oxygen atoms in total. The molecular weight excluding hydrogens is 695 g/mol. The number of rotatable bonds is 5. The second kappa shape index (κ2) is 11.8. The first-order valence-corrected chi connectivity index (χ1v) is 20.8. The minimum atomic E-state index is 0.326. The molecule has 8 aromatic carbocycles. The minimum absolute atomic E-state index is 0.326. The fraction of sp³-hybridized carbons (Fsp3) is 0.185. The van der Waals surface area contributed by atoms with Gasteiger partial charge in [0.1, 0.15) is 22.3 Å². The van der Waals surface area contributed by atoms with Crippen LogP contribution >= 0.6 is 0 Å². The highest BCUT2D eigenvalue weighted by atomic mass is 16.3. The van der Waals surface area contributed by atoms with Crippen LogP contribution in [-0.4, -0.2) is 0 Å². The maximum atomic E-state index is 6.87. The number of nitrogens with zero attached hydrogens (tertiary/aromatic N) is 1. The van der Waals surface area contributed by atoms with E-state index in [0.717, 1.165) is 78.7 Å². The van der Waals surface area contributed by atoms with Gasteiger partial charge < -0.3 is 13.7 Å². The number of furan rings is 2. The number of para-hydroxylation sites is 2. The molecule has 0 aliphatic heterocycles. The van der Waals surface area contributed by atoms with E-state index in [-0.39, 0.29) is 0 Å². The summed E-state index contributed by atoms with van der Waals surface area (Å²) < 4.78 is 13.6. The Morgan fingerprint density at radius 1 is 0.439 bits per heavy atom. The molecule has 0 unspecified atom stereocenters. The second-order valence-corrected chi connectivity index (χ2v) is 17.5. The van der Waals surface area contributed by atoms with Gasteiger partial charge in [0.05, 0.1) is 22.1 Å². The Bertz CT molecular complexity index is 3200. The Kier molecular flexibility index (Phi) is 6.62. The average molecular weight is 736 g/mol. The van der Waals surface area contributed by atoms with Crippen molar-refractivity contribution in [1.82, 2.24) is 0 Å². The Labute approximate surface area is 331 Å². The fourth-order valence-electron chi connectivity index (χ4n) is 12.3. The van der Waals surface area contributed by atoms with Crippen molar-refractivity contribution >= 4 is 82.5 Å². The van der Waals surface area contributed by atoms with Crippen molar-refractivity contribution in [3.8, 4) is 11.1 Å². The molecule has 4 bridgehead atoms. The van der Waals surface area contributed by atoms with Crippen molar-refractivity contribution in [2.24, 2.45) is 17.8 Å². The zero-order valence-corrected chi connectivity index (χ0v) is 31.7. The van der Waals surface area contributed by atoms with Gasteiger partial charge in [0, 0.05) is 27.9 Å². The first-order chi connectivity index (χ1) is 28.2. The van der Waals surface area contributed by atoms with Gasteiger partial charge in [-0.2, -0.15) is 0 Å². The first kappa shape index (κ1) is 31.8. The standard InChI is InChI=1S/C54H41NO2/c1-2-12-39-36(10-1)11-9-17-40(39)42-24-25-46(43-14-4-3-13-41(42)43)55(38-22-20-37(21-23-38)54-30-33-26-34(31-54)28-35(27-33)32-54)47-29-50-52(45-16-6-7-18-48(45)56-50)53-51(47)44-15-5-8-19-49(44)57-53/h1-25,29,33-35H,26-28,30-32H2. The summed E-state index contributed by atoms with van der Waals surface area (Å²) in [6, 6.07) is 57.8. The van der Waals surface area contributed by atoms with E-state index in [2.05, 4.69) is 157 Å². The van der Waals surface area contributed by atoms with E-state index in [9.17, 15) is 0 Å². The van der Waals surface area contributed by atoms with Crippen LogP contribution in [0.4, 0.5) is 17.1 Å². The number of fused-ring (bicyclic) bond motifs is 9. The van der Waals surface area contributed by atoms with Gasteiger partial charge in [-0.1, -0.05) is 121 Å². The zero-order valence-electron chi connectivity index (χ0n) is 31.7. The molecule has 2 heterocycles. The fourth-order valence-corrected chi connectivity index (χ4v) is 12.3. The highest BCUT2D eigenvalue weighted by Gasteiger charge is 2.51. The van der Waals surface area contributed by atoms with Crippen molar-refractivity contribution in [2.75, 3.05) is 4.90 Å². The first-order valence-electron chi connectivity index (χ1n) is 20.8. The minimum Gasteiger partial charge on any atom is -0.456 e. The summed E-state index contributed by atoms with van der Waals surface area (Å²) in [4.78, 5) is 2.48. The normalized spacial score (nSPS) is 21.5. The number of benzene rings is 8. The molecule has 4 aliphatic rings. The lowest BCUT2D eigenvalue weighted by molar-refractivity contribution is -0.00518. The second-order valence-electron chi connectivity index (χ2n) is 17.5. The van der Waals surface area contributed by atoms with E-state index in [1.807, 2.05) is 6.07 Å². The maximum absolute atomic E-state index is 6.87. The smallest absolute Gasteiger partial charge is 0.149 e. The number of hydrogen-bond acceptors (Lipinski definition) is 3. The topological polar surface area (TPSA) is 29.5 Å². The molecule has 274 valence electrons. The predicted octanol–water partition coefficient (Wildman–Crippen LogP) is 15.4. The van der Waals surface area contributed by atoms with Crippen LogP contribution in [0, 0.1) is 17.8 Å². The average Bonchev–Trinajstić information content (AvgIpc) is 3.82. The van der Waals surface area contributed by atoms with Crippen LogP contribution in [0.15, 0.2) is 167 Å². The van der Waals surface area contributed by atoms with Crippen LogP contribution in [-0.2, 0) is 5.41 Å². The van der Waals surface area contributed by atoms with E-state index < -0.39 is 0 Å². The zero-order chi connectivity index (χ0) is 37.2. The molecule has 0 saturated heterocycles. The quantitative estimate of drug-likeness (QED) is 0.176. The van der Waals surface area contributed by atoms with Crippen LogP contribution in [0.1, 0.15) is 44.1 Å². The van der Waals surface area contributed by atoms with Gasteiger partial charge in [0.2, 0.25) is 0 Å². The molecule has 4 fully saturated rings. The van der Waals surface area contributed by atoms with Crippen molar-refractivity contribution < 1.29 is 8.83 Å². The third kappa shape index (κ3) is 4.66. The summed E-state index contributed by atoms with van der Waals surface area (Å²) in [6.45, 7) is 0. The van der Waals surface area contributed by atoms with Gasteiger partial charge in [-0.3, -0.25) is 0 Å². The Balaban J connectivity index is 1.08. The lowest BCUT2D eigenvalue weighted by Crippen LogP contribution is -2.48. The predicted molar refractivity (Wildman–Crippen MR) is 236 cm³/mol. The van der Waals surface area contributed by atoms with Gasteiger partial charge in [-0.25, -0.2) is 0 Å². The molecule has 0 spiro atoms. The van der Waals surface area contributed by atoms with Crippen LogP contribution in [0.2, 0.25) is 0 Å². The lowest BCUT2D eigenvalue weighted by Gasteiger charge is -2.57. The molecule has 3 heteroatoms. The third-order valence-corrected chi connectivity index (χ3v) is 14.2. The van der Waals surface area contributed by atoms with Gasteiger partial charge in [0.25, 0.3) is 0 Å². The summed E-state index contributed by atoms with van der Waals surface area (Å²) >= 11 is 0. The Morgan fingerprint density at radius 2 is 1.02 bits per heavy atom. The molecule has 4 saturated carbocycles. The van der Waals surface area contributed by atoms with Gasteiger partial charge in [0.15, 0.2) is 0 Å².